The summed E-state index contributed by atoms with van der Waals surface area (Å²) in [7, 11) is 6.12. The van der Waals surface area contributed by atoms with E-state index in [0.29, 0.717) is 25.8 Å². The molecule has 18 heteroatoms. The first-order valence-corrected chi connectivity index (χ1v) is 22.6. The summed E-state index contributed by atoms with van der Waals surface area (Å²) in [5, 5.41) is 57.3. The molecule has 0 saturated carbocycles. The SMILES string of the molecule is C#COC[C@@H](O)[C@@H](O)[C@H](O)[C@H](O)CN(C)[C@H](C(=O)N[C@H](C(=O)N(C)[C@@H]([C@@H](C)CC)[C@@H](CC(=O)N1CCC[C@H]1[C@H](OC)[C@@H](C)C(=O)N[C@@H](Cc1ccccc1)C(=O)O)OC)C(C)C)C(C)C. The maximum atomic E-state index is 14.5. The molecule has 1 heterocycles. The van der Waals surface area contributed by atoms with Crippen LogP contribution >= 0.6 is 0 Å². The van der Waals surface area contributed by atoms with Crippen molar-refractivity contribution in [2.75, 3.05) is 48.0 Å². The number of hydrogen-bond acceptors (Lipinski definition) is 13. The number of amides is 4. The number of benzene rings is 1. The molecule has 0 spiro atoms. The van der Waals surface area contributed by atoms with E-state index in [-0.39, 0.29) is 43.0 Å². The topological polar surface area (TPSA) is 248 Å². The Morgan fingerprint density at radius 3 is 2.03 bits per heavy atom. The van der Waals surface area contributed by atoms with Gasteiger partial charge in [-0.15, -0.1) is 0 Å². The number of aliphatic hydroxyl groups is 4. The van der Waals surface area contributed by atoms with Crippen molar-refractivity contribution < 1.29 is 63.7 Å². The van der Waals surface area contributed by atoms with Crippen LogP contribution < -0.4 is 10.6 Å². The first-order valence-electron chi connectivity index (χ1n) is 22.6. The summed E-state index contributed by atoms with van der Waals surface area (Å²) in [6, 6.07) is 4.79. The summed E-state index contributed by atoms with van der Waals surface area (Å²) in [6.07, 6.45) is 0.371. The van der Waals surface area contributed by atoms with Gasteiger partial charge in [-0.05, 0) is 43.2 Å². The minimum Gasteiger partial charge on any atom is -0.480 e. The largest absolute Gasteiger partial charge is 0.480 e. The van der Waals surface area contributed by atoms with Gasteiger partial charge in [0.05, 0.1) is 48.8 Å². The zero-order valence-corrected chi connectivity index (χ0v) is 40.1. The molecular weight excluding hydrogens is 843 g/mol. The highest BCUT2D eigenvalue weighted by Gasteiger charge is 2.44. The standard InChI is InChI=1S/C47H77N5O13/c1-13-29(7)40(51(10)46(60)38(27(3)4)49-45(59)39(28(5)6)50(9)25-34(53)41(56)42(57)35(54)26-65-14-2)36(63-11)24-37(55)52-22-18-21-33(52)43(64-12)30(8)44(58)48-32(47(61)62)23-31-19-16-15-17-20-31/h2,15-17,19-20,27-30,32-36,38-43,53-54,56-57H,13,18,21-26H2,1,3-12H3,(H,48,58)(H,49,59)(H,61,62)/t29-,30+,32-,33-,34+,35+,36+,38-,39-,40-,41+,42+,43+/m0/s1. The quantitative estimate of drug-likeness (QED) is 0.0577. The molecule has 0 bridgehead atoms. The second-order valence-corrected chi connectivity index (χ2v) is 18.1. The third-order valence-electron chi connectivity index (χ3n) is 12.7. The number of aliphatic hydroxyl groups excluding tert-OH is 4. The average Bonchev–Trinajstić information content (AvgIpc) is 3.75. The highest BCUT2D eigenvalue weighted by molar-refractivity contribution is 5.90. The van der Waals surface area contributed by atoms with Crippen LogP contribution in [-0.2, 0) is 44.6 Å². The number of likely N-dealkylation sites (tertiary alicyclic amines) is 1. The van der Waals surface area contributed by atoms with Gasteiger partial charge >= 0.3 is 5.97 Å². The van der Waals surface area contributed by atoms with Crippen molar-refractivity contribution in [1.29, 1.82) is 0 Å². The number of hydrogen-bond donors (Lipinski definition) is 7. The lowest BCUT2D eigenvalue weighted by Gasteiger charge is -2.41. The van der Waals surface area contributed by atoms with Gasteiger partial charge in [0.2, 0.25) is 23.6 Å². The van der Waals surface area contributed by atoms with Crippen molar-refractivity contribution in [2.24, 2.45) is 23.7 Å². The fourth-order valence-electron chi connectivity index (χ4n) is 8.85. The Bertz CT molecular complexity index is 1700. The maximum Gasteiger partial charge on any atom is 0.326 e. The van der Waals surface area contributed by atoms with Crippen molar-refractivity contribution in [3.05, 3.63) is 35.9 Å². The molecule has 0 aromatic heterocycles. The van der Waals surface area contributed by atoms with Gasteiger partial charge in [0.15, 0.2) is 0 Å². The van der Waals surface area contributed by atoms with E-state index >= 15 is 0 Å². The summed E-state index contributed by atoms with van der Waals surface area (Å²) in [6.45, 7) is 12.4. The number of methoxy groups -OCH3 is 2. The predicted molar refractivity (Wildman–Crippen MR) is 243 cm³/mol. The van der Waals surface area contributed by atoms with E-state index in [1.807, 2.05) is 26.0 Å². The fourth-order valence-corrected chi connectivity index (χ4v) is 8.85. The Kier molecular flexibility index (Phi) is 23.9. The molecule has 0 radical (unpaired) electrons. The molecule has 0 unspecified atom stereocenters. The van der Waals surface area contributed by atoms with E-state index in [2.05, 4.69) is 15.4 Å². The number of carbonyl (C=O) groups is 5. The highest BCUT2D eigenvalue weighted by atomic mass is 16.5. The molecule has 18 nitrogen and oxygen atoms in total. The molecule has 13 atom stereocenters. The van der Waals surface area contributed by atoms with E-state index < -0.39 is 103 Å². The van der Waals surface area contributed by atoms with Gasteiger partial charge in [0.25, 0.3) is 0 Å². The highest BCUT2D eigenvalue weighted by Crippen LogP contribution is 2.30. The molecule has 1 fully saturated rings. The fraction of sp³-hybridized carbons (Fsp3) is 0.723. The van der Waals surface area contributed by atoms with Gasteiger partial charge in [0, 0.05) is 40.8 Å². The van der Waals surface area contributed by atoms with Crippen LogP contribution in [0.1, 0.15) is 79.7 Å². The number of likely N-dealkylation sites (N-methyl/N-ethyl adjacent to an activating group) is 2. The Morgan fingerprint density at radius 2 is 1.51 bits per heavy atom. The van der Waals surface area contributed by atoms with E-state index in [0.717, 1.165) is 5.56 Å². The summed E-state index contributed by atoms with van der Waals surface area (Å²) < 4.78 is 16.5. The van der Waals surface area contributed by atoms with Crippen molar-refractivity contribution in [1.82, 2.24) is 25.3 Å². The van der Waals surface area contributed by atoms with Crippen LogP contribution in [0, 0.1) is 36.2 Å². The minimum atomic E-state index is -1.81. The first-order chi connectivity index (χ1) is 30.6. The lowest BCUT2D eigenvalue weighted by atomic mass is 9.89. The Hall–Kier alpha value is -4.35. The Balaban J connectivity index is 2.28. The van der Waals surface area contributed by atoms with Crippen molar-refractivity contribution in [3.63, 3.8) is 0 Å². The number of ether oxygens (including phenoxy) is 3. The number of aliphatic carboxylic acids is 1. The van der Waals surface area contributed by atoms with E-state index in [1.54, 1.807) is 77.9 Å². The van der Waals surface area contributed by atoms with Gasteiger partial charge in [-0.25, -0.2) is 4.79 Å². The van der Waals surface area contributed by atoms with E-state index in [4.69, 9.17) is 15.9 Å². The minimum absolute atomic E-state index is 0.0931. The number of carbonyl (C=O) groups excluding carboxylic acids is 4. The number of terminal acetylenes is 1. The van der Waals surface area contributed by atoms with Gasteiger partial charge < -0.3 is 60.2 Å². The van der Waals surface area contributed by atoms with Crippen LogP contribution in [0.25, 0.3) is 0 Å². The second kappa shape index (κ2) is 27.3. The van der Waals surface area contributed by atoms with Gasteiger partial charge in [-0.3, -0.25) is 24.1 Å². The molecule has 65 heavy (non-hydrogen) atoms. The van der Waals surface area contributed by atoms with Crippen LogP contribution in [-0.4, -0.2) is 185 Å². The third-order valence-corrected chi connectivity index (χ3v) is 12.7. The molecule has 0 aliphatic carbocycles. The molecule has 1 aliphatic rings. The predicted octanol–water partition coefficient (Wildman–Crippen LogP) is 0.867. The number of carboxylic acid groups (broad SMARTS) is 1. The second-order valence-electron chi connectivity index (χ2n) is 18.1. The summed E-state index contributed by atoms with van der Waals surface area (Å²) in [4.78, 5) is 73.3. The van der Waals surface area contributed by atoms with E-state index in [1.165, 1.54) is 24.0 Å². The maximum absolute atomic E-state index is 14.5. The van der Waals surface area contributed by atoms with Gasteiger partial charge in [-0.2, -0.15) is 0 Å². The molecule has 1 saturated heterocycles. The summed E-state index contributed by atoms with van der Waals surface area (Å²) >= 11 is 0. The molecule has 1 aromatic rings. The third kappa shape index (κ3) is 15.9. The number of nitrogens with one attached hydrogen (secondary N) is 2. The van der Waals surface area contributed by atoms with Crippen LogP contribution in [0.4, 0.5) is 0 Å². The van der Waals surface area contributed by atoms with Gasteiger partial charge in [-0.1, -0.05) is 91.6 Å². The monoisotopic (exact) mass is 920 g/mol. The summed E-state index contributed by atoms with van der Waals surface area (Å²) in [5.74, 6) is -4.58. The smallest absolute Gasteiger partial charge is 0.326 e. The van der Waals surface area contributed by atoms with Crippen LogP contribution in [0.5, 0.6) is 0 Å². The van der Waals surface area contributed by atoms with Crippen molar-refractivity contribution in [2.45, 2.75) is 147 Å². The molecule has 7 N–H and O–H groups in total. The molecule has 368 valence electrons. The molecule has 4 amide bonds. The molecular formula is C47H77N5O13. The zero-order chi connectivity index (χ0) is 49.3. The lowest BCUT2D eigenvalue weighted by Crippen LogP contribution is -2.60. The summed E-state index contributed by atoms with van der Waals surface area (Å²) in [5.41, 5.74) is 0.754. The number of carboxylic acids is 1. The Morgan fingerprint density at radius 1 is 0.892 bits per heavy atom. The van der Waals surface area contributed by atoms with Crippen molar-refractivity contribution in [3.8, 4) is 12.5 Å². The number of nitrogens with zero attached hydrogens (tertiary/aromatic N) is 3. The van der Waals surface area contributed by atoms with E-state index in [9.17, 15) is 49.5 Å². The van der Waals surface area contributed by atoms with Crippen LogP contribution in [0.15, 0.2) is 30.3 Å². The normalized spacial score (nSPS) is 19.7. The molecule has 1 aromatic carbocycles. The lowest BCUT2D eigenvalue weighted by molar-refractivity contribution is -0.148. The zero-order valence-electron chi connectivity index (χ0n) is 40.1. The van der Waals surface area contributed by atoms with Gasteiger partial charge in [0.1, 0.15) is 43.1 Å². The average molecular weight is 920 g/mol. The van der Waals surface area contributed by atoms with Crippen LogP contribution in [0.2, 0.25) is 0 Å². The molecule has 2 rings (SSSR count). The van der Waals surface area contributed by atoms with Crippen LogP contribution in [0.3, 0.4) is 0 Å². The first kappa shape index (κ1) is 56.8. The van der Waals surface area contributed by atoms with Crippen molar-refractivity contribution >= 4 is 29.6 Å². The Labute approximate surface area is 385 Å². The number of rotatable bonds is 28. The molecule has 1 aliphatic heterocycles.